The van der Waals surface area contributed by atoms with E-state index in [9.17, 15) is 4.39 Å². The predicted octanol–water partition coefficient (Wildman–Crippen LogP) is 1.69. The van der Waals surface area contributed by atoms with Gasteiger partial charge < -0.3 is 4.90 Å². The SMILES string of the molecule is C[C@@H]1CN(C)CC(C)(F)C1. The number of alkyl halides is 1. The highest BCUT2D eigenvalue weighted by Gasteiger charge is 2.32. The molecular formula is C8H16FN. The molecule has 10 heavy (non-hydrogen) atoms. The number of piperidine rings is 1. The summed E-state index contributed by atoms with van der Waals surface area (Å²) in [6.45, 7) is 5.43. The van der Waals surface area contributed by atoms with Gasteiger partial charge in [-0.05, 0) is 26.3 Å². The first-order chi connectivity index (χ1) is 4.49. The highest BCUT2D eigenvalue weighted by atomic mass is 19.1. The minimum Gasteiger partial charge on any atom is -0.303 e. The van der Waals surface area contributed by atoms with E-state index in [-0.39, 0.29) is 0 Å². The molecule has 1 fully saturated rings. The lowest BCUT2D eigenvalue weighted by Crippen LogP contribution is -2.44. The van der Waals surface area contributed by atoms with Crippen LogP contribution in [0.2, 0.25) is 0 Å². The molecule has 1 rings (SSSR count). The van der Waals surface area contributed by atoms with Crippen LogP contribution in [0.4, 0.5) is 4.39 Å². The molecule has 2 heteroatoms. The summed E-state index contributed by atoms with van der Waals surface area (Å²) in [5.74, 6) is 0.508. The molecule has 0 radical (unpaired) electrons. The zero-order valence-electron chi connectivity index (χ0n) is 7.02. The fourth-order valence-electron chi connectivity index (χ4n) is 2.02. The molecule has 0 saturated carbocycles. The van der Waals surface area contributed by atoms with Crippen molar-refractivity contribution in [2.24, 2.45) is 5.92 Å². The normalized spacial score (nSPS) is 43.8. The molecule has 0 N–H and O–H groups in total. The van der Waals surface area contributed by atoms with Crippen LogP contribution in [0.5, 0.6) is 0 Å². The minimum atomic E-state index is -0.952. The lowest BCUT2D eigenvalue weighted by molar-refractivity contribution is 0.0464. The van der Waals surface area contributed by atoms with Gasteiger partial charge in [0, 0.05) is 13.1 Å². The molecule has 0 bridgehead atoms. The Kier molecular flexibility index (Phi) is 1.99. The van der Waals surface area contributed by atoms with E-state index < -0.39 is 5.67 Å². The van der Waals surface area contributed by atoms with Crippen LogP contribution >= 0.6 is 0 Å². The summed E-state index contributed by atoms with van der Waals surface area (Å²) >= 11 is 0. The number of hydrogen-bond acceptors (Lipinski definition) is 1. The van der Waals surface area contributed by atoms with E-state index in [1.165, 1.54) is 0 Å². The Morgan fingerprint density at radius 2 is 2.20 bits per heavy atom. The second-order valence-corrected chi connectivity index (χ2v) is 3.92. The maximum absolute atomic E-state index is 13.3. The van der Waals surface area contributed by atoms with E-state index in [4.69, 9.17) is 0 Å². The van der Waals surface area contributed by atoms with Crippen molar-refractivity contribution in [1.29, 1.82) is 0 Å². The molecule has 1 saturated heterocycles. The molecule has 1 aliphatic heterocycles. The Bertz CT molecular complexity index is 110. The number of rotatable bonds is 0. The van der Waals surface area contributed by atoms with E-state index in [2.05, 4.69) is 11.8 Å². The van der Waals surface area contributed by atoms with Crippen LogP contribution in [0, 0.1) is 5.92 Å². The van der Waals surface area contributed by atoms with E-state index in [0.717, 1.165) is 13.0 Å². The molecule has 0 aromatic carbocycles. The van der Waals surface area contributed by atoms with Crippen LogP contribution in [-0.4, -0.2) is 30.7 Å². The number of likely N-dealkylation sites (tertiary alicyclic amines) is 1. The number of nitrogens with zero attached hydrogens (tertiary/aromatic N) is 1. The summed E-state index contributed by atoms with van der Waals surface area (Å²) in [5, 5.41) is 0. The quantitative estimate of drug-likeness (QED) is 0.501. The highest BCUT2D eigenvalue weighted by Crippen LogP contribution is 2.26. The van der Waals surface area contributed by atoms with Crippen molar-refractivity contribution in [1.82, 2.24) is 4.90 Å². The maximum atomic E-state index is 13.3. The molecule has 1 nitrogen and oxygen atoms in total. The van der Waals surface area contributed by atoms with E-state index >= 15 is 0 Å². The first-order valence-corrected chi connectivity index (χ1v) is 3.87. The Morgan fingerprint density at radius 1 is 1.60 bits per heavy atom. The van der Waals surface area contributed by atoms with E-state index in [0.29, 0.717) is 12.5 Å². The summed E-state index contributed by atoms with van der Waals surface area (Å²) in [6, 6.07) is 0. The standard InChI is InChI=1S/C8H16FN/c1-7-4-8(2,9)6-10(3)5-7/h7H,4-6H2,1-3H3/t7-,8?/m0/s1. The number of halogens is 1. The molecule has 1 aliphatic rings. The van der Waals surface area contributed by atoms with Gasteiger partial charge in [0.1, 0.15) is 5.67 Å². The molecule has 1 unspecified atom stereocenters. The van der Waals surface area contributed by atoms with E-state index in [1.807, 2.05) is 7.05 Å². The Labute approximate surface area is 62.2 Å². The lowest BCUT2D eigenvalue weighted by Gasteiger charge is -2.36. The monoisotopic (exact) mass is 145 g/mol. The van der Waals surface area contributed by atoms with Crippen LogP contribution < -0.4 is 0 Å². The van der Waals surface area contributed by atoms with Crippen LogP contribution in [-0.2, 0) is 0 Å². The van der Waals surface area contributed by atoms with Crippen molar-refractivity contribution >= 4 is 0 Å². The smallest absolute Gasteiger partial charge is 0.121 e. The lowest BCUT2D eigenvalue weighted by atomic mass is 9.90. The summed E-state index contributed by atoms with van der Waals surface area (Å²) in [6.07, 6.45) is 0.720. The van der Waals surface area contributed by atoms with Gasteiger partial charge in [0.2, 0.25) is 0 Å². The fourth-order valence-corrected chi connectivity index (χ4v) is 2.02. The Morgan fingerprint density at radius 3 is 2.60 bits per heavy atom. The largest absolute Gasteiger partial charge is 0.303 e. The van der Waals surface area contributed by atoms with Crippen molar-refractivity contribution in [3.05, 3.63) is 0 Å². The molecule has 0 aliphatic carbocycles. The minimum absolute atomic E-state index is 0.508. The van der Waals surface area contributed by atoms with Crippen molar-refractivity contribution in [2.45, 2.75) is 25.9 Å². The summed E-state index contributed by atoms with van der Waals surface area (Å²) in [4.78, 5) is 2.06. The second kappa shape index (κ2) is 2.50. The van der Waals surface area contributed by atoms with Crippen LogP contribution in [0.1, 0.15) is 20.3 Å². The fraction of sp³-hybridized carbons (Fsp3) is 1.00. The Balaban J connectivity index is 2.51. The van der Waals surface area contributed by atoms with Crippen LogP contribution in [0.3, 0.4) is 0 Å². The third-order valence-corrected chi connectivity index (χ3v) is 2.00. The van der Waals surface area contributed by atoms with Crippen molar-refractivity contribution in [2.75, 3.05) is 20.1 Å². The first kappa shape index (κ1) is 7.99. The average Bonchev–Trinajstić information content (AvgIpc) is 1.54. The topological polar surface area (TPSA) is 3.24 Å². The Hall–Kier alpha value is -0.110. The second-order valence-electron chi connectivity index (χ2n) is 3.92. The molecule has 0 aromatic heterocycles. The van der Waals surface area contributed by atoms with Gasteiger partial charge in [0.05, 0.1) is 0 Å². The number of hydrogen-bond donors (Lipinski definition) is 0. The van der Waals surface area contributed by atoms with Gasteiger partial charge >= 0.3 is 0 Å². The molecule has 1 heterocycles. The van der Waals surface area contributed by atoms with Crippen molar-refractivity contribution in [3.63, 3.8) is 0 Å². The van der Waals surface area contributed by atoms with Gasteiger partial charge in [0.15, 0.2) is 0 Å². The van der Waals surface area contributed by atoms with E-state index in [1.54, 1.807) is 6.92 Å². The van der Waals surface area contributed by atoms with Crippen LogP contribution in [0.15, 0.2) is 0 Å². The third-order valence-electron chi connectivity index (χ3n) is 2.00. The van der Waals surface area contributed by atoms with Gasteiger partial charge in [-0.25, -0.2) is 4.39 Å². The van der Waals surface area contributed by atoms with Crippen molar-refractivity contribution < 1.29 is 4.39 Å². The molecule has 0 aromatic rings. The van der Waals surface area contributed by atoms with Crippen LogP contribution in [0.25, 0.3) is 0 Å². The van der Waals surface area contributed by atoms with Gasteiger partial charge in [-0.1, -0.05) is 6.92 Å². The zero-order valence-corrected chi connectivity index (χ0v) is 7.02. The molecular weight excluding hydrogens is 129 g/mol. The molecule has 0 amide bonds. The van der Waals surface area contributed by atoms with Gasteiger partial charge in [-0.15, -0.1) is 0 Å². The van der Waals surface area contributed by atoms with Gasteiger partial charge in [0.25, 0.3) is 0 Å². The highest BCUT2D eigenvalue weighted by molar-refractivity contribution is 4.84. The maximum Gasteiger partial charge on any atom is 0.121 e. The first-order valence-electron chi connectivity index (χ1n) is 3.87. The summed E-state index contributed by atoms with van der Waals surface area (Å²) in [7, 11) is 1.98. The summed E-state index contributed by atoms with van der Waals surface area (Å²) < 4.78 is 13.3. The summed E-state index contributed by atoms with van der Waals surface area (Å²) in [5.41, 5.74) is -0.952. The third kappa shape index (κ3) is 1.94. The zero-order chi connectivity index (χ0) is 7.78. The van der Waals surface area contributed by atoms with Gasteiger partial charge in [-0.3, -0.25) is 0 Å². The van der Waals surface area contributed by atoms with Crippen molar-refractivity contribution in [3.8, 4) is 0 Å². The molecule has 0 spiro atoms. The molecule has 2 atom stereocenters. The predicted molar refractivity (Wildman–Crippen MR) is 40.8 cm³/mol. The van der Waals surface area contributed by atoms with Gasteiger partial charge in [-0.2, -0.15) is 0 Å². The molecule has 60 valence electrons. The average molecular weight is 145 g/mol.